The molecule has 7 heteroatoms. The van der Waals surface area contributed by atoms with E-state index in [9.17, 15) is 9.59 Å². The van der Waals surface area contributed by atoms with E-state index in [0.717, 1.165) is 11.3 Å². The Morgan fingerprint density at radius 1 is 1.11 bits per heavy atom. The van der Waals surface area contributed by atoms with Crippen LogP contribution in [0.4, 0.5) is 0 Å². The van der Waals surface area contributed by atoms with Crippen molar-refractivity contribution in [2.45, 2.75) is 19.0 Å². The van der Waals surface area contributed by atoms with Crippen molar-refractivity contribution in [3.8, 4) is 0 Å². The molecule has 0 aliphatic carbocycles. The maximum Gasteiger partial charge on any atom is 0.261 e. The highest BCUT2D eigenvalue weighted by molar-refractivity contribution is 7.10. The van der Waals surface area contributed by atoms with Gasteiger partial charge in [-0.15, -0.1) is 22.7 Å². The van der Waals surface area contributed by atoms with Crippen molar-refractivity contribution in [1.29, 1.82) is 0 Å². The molecule has 0 unspecified atom stereocenters. The Hall–Kier alpha value is -2.77. The predicted octanol–water partition coefficient (Wildman–Crippen LogP) is 3.69. The summed E-state index contributed by atoms with van der Waals surface area (Å²) in [4.78, 5) is 34.7. The average molecular weight is 408 g/mol. The van der Waals surface area contributed by atoms with Crippen molar-refractivity contribution in [3.63, 3.8) is 0 Å². The molecule has 1 amide bonds. The molecule has 0 saturated carbocycles. The highest BCUT2D eigenvalue weighted by Crippen LogP contribution is 2.39. The molecule has 5 rings (SSSR count). The summed E-state index contributed by atoms with van der Waals surface area (Å²) in [5.41, 5.74) is 1.67. The number of benzene rings is 1. The number of carbonyl (C=O) groups excluding carboxylic acids is 1. The predicted molar refractivity (Wildman–Crippen MR) is 112 cm³/mol. The Labute approximate surface area is 169 Å². The number of para-hydroxylation sites is 1. The summed E-state index contributed by atoms with van der Waals surface area (Å²) in [6, 6.07) is 13.3. The third-order valence-electron chi connectivity index (χ3n) is 5.14. The minimum atomic E-state index is -0.181. The monoisotopic (exact) mass is 407 g/mol. The van der Waals surface area contributed by atoms with Crippen LogP contribution in [-0.4, -0.2) is 26.9 Å². The molecule has 0 saturated heterocycles. The van der Waals surface area contributed by atoms with E-state index in [1.807, 2.05) is 28.5 Å². The van der Waals surface area contributed by atoms with Gasteiger partial charge in [0.15, 0.2) is 0 Å². The van der Waals surface area contributed by atoms with Gasteiger partial charge < -0.3 is 4.90 Å². The Bertz CT molecular complexity index is 1210. The summed E-state index contributed by atoms with van der Waals surface area (Å²) in [6.07, 6.45) is 2.33. The van der Waals surface area contributed by atoms with Crippen molar-refractivity contribution < 1.29 is 4.79 Å². The number of amides is 1. The number of hydrogen-bond acceptors (Lipinski definition) is 5. The number of fused-ring (bicyclic) bond motifs is 2. The lowest BCUT2D eigenvalue weighted by molar-refractivity contribution is -0.133. The highest BCUT2D eigenvalue weighted by Gasteiger charge is 2.33. The topological polar surface area (TPSA) is 55.2 Å². The van der Waals surface area contributed by atoms with Gasteiger partial charge in [-0.05, 0) is 47.0 Å². The Morgan fingerprint density at radius 3 is 2.86 bits per heavy atom. The first-order valence-electron chi connectivity index (χ1n) is 9.05. The van der Waals surface area contributed by atoms with Crippen molar-refractivity contribution in [1.82, 2.24) is 14.5 Å². The van der Waals surface area contributed by atoms with E-state index in [-0.39, 0.29) is 24.1 Å². The smallest absolute Gasteiger partial charge is 0.261 e. The number of hydrogen-bond donors (Lipinski definition) is 0. The van der Waals surface area contributed by atoms with Crippen LogP contribution < -0.4 is 5.56 Å². The van der Waals surface area contributed by atoms with Crippen molar-refractivity contribution in [3.05, 3.63) is 85.2 Å². The summed E-state index contributed by atoms with van der Waals surface area (Å²) in [7, 11) is 0. The van der Waals surface area contributed by atoms with E-state index in [2.05, 4.69) is 22.5 Å². The van der Waals surface area contributed by atoms with Crippen LogP contribution in [0.3, 0.4) is 0 Å². The van der Waals surface area contributed by atoms with Gasteiger partial charge in [0, 0.05) is 16.3 Å². The number of thiophene rings is 2. The van der Waals surface area contributed by atoms with E-state index in [4.69, 9.17) is 0 Å². The zero-order valence-electron chi connectivity index (χ0n) is 14.9. The maximum absolute atomic E-state index is 13.2. The molecule has 5 nitrogen and oxygen atoms in total. The standard InChI is InChI=1S/C21H17N3O2S2/c25-19(12-23-13-22-16-5-2-1-4-14(16)21(23)26)24-9-7-17-15(8-11-28-17)20(24)18-6-3-10-27-18/h1-6,8,10-11,13,20H,7,9,12H2/t20-/m1/s1. The van der Waals surface area contributed by atoms with Crippen LogP contribution in [0.2, 0.25) is 0 Å². The molecular weight excluding hydrogens is 390 g/mol. The number of carbonyl (C=O) groups is 1. The fourth-order valence-electron chi connectivity index (χ4n) is 3.79. The van der Waals surface area contributed by atoms with Gasteiger partial charge in [0.2, 0.25) is 5.91 Å². The first kappa shape index (κ1) is 17.3. The molecule has 140 valence electrons. The first-order valence-corrected chi connectivity index (χ1v) is 10.8. The van der Waals surface area contributed by atoms with E-state index < -0.39 is 0 Å². The Balaban J connectivity index is 1.50. The third-order valence-corrected chi connectivity index (χ3v) is 7.06. The molecule has 28 heavy (non-hydrogen) atoms. The summed E-state index contributed by atoms with van der Waals surface area (Å²) >= 11 is 3.41. The Kier molecular flexibility index (Phi) is 4.33. The lowest BCUT2D eigenvalue weighted by atomic mass is 9.98. The van der Waals surface area contributed by atoms with Gasteiger partial charge in [-0.3, -0.25) is 14.2 Å². The van der Waals surface area contributed by atoms with Gasteiger partial charge in [-0.1, -0.05) is 18.2 Å². The molecule has 4 heterocycles. The van der Waals surface area contributed by atoms with E-state index >= 15 is 0 Å². The van der Waals surface area contributed by atoms with E-state index in [1.165, 1.54) is 21.3 Å². The maximum atomic E-state index is 13.2. The number of nitrogens with zero attached hydrogens (tertiary/aromatic N) is 3. The molecule has 0 fully saturated rings. The van der Waals surface area contributed by atoms with Crippen LogP contribution in [-0.2, 0) is 17.8 Å². The average Bonchev–Trinajstić information content (AvgIpc) is 3.41. The number of aromatic nitrogens is 2. The van der Waals surface area contributed by atoms with Crippen LogP contribution in [0.5, 0.6) is 0 Å². The normalized spacial score (nSPS) is 16.3. The second-order valence-corrected chi connectivity index (χ2v) is 8.73. The lowest BCUT2D eigenvalue weighted by Gasteiger charge is -2.35. The Morgan fingerprint density at radius 2 is 2.00 bits per heavy atom. The van der Waals surface area contributed by atoms with Gasteiger partial charge in [-0.2, -0.15) is 0 Å². The van der Waals surface area contributed by atoms with Gasteiger partial charge in [-0.25, -0.2) is 4.98 Å². The SMILES string of the molecule is O=C(Cn1cnc2ccccc2c1=O)N1CCc2sccc2[C@@H]1c1cccs1. The van der Waals surface area contributed by atoms with Crippen molar-refractivity contribution >= 4 is 39.5 Å². The van der Waals surface area contributed by atoms with Crippen LogP contribution in [0, 0.1) is 0 Å². The summed E-state index contributed by atoms with van der Waals surface area (Å²) in [5.74, 6) is -0.0607. The zero-order chi connectivity index (χ0) is 19.1. The fourth-order valence-corrected chi connectivity index (χ4v) is 5.55. The second-order valence-electron chi connectivity index (χ2n) is 6.75. The van der Waals surface area contributed by atoms with Gasteiger partial charge in [0.05, 0.1) is 23.3 Å². The summed E-state index contributed by atoms with van der Waals surface area (Å²) in [5, 5.41) is 4.67. The minimum Gasteiger partial charge on any atom is -0.329 e. The molecule has 1 aliphatic rings. The first-order chi connectivity index (χ1) is 13.7. The quantitative estimate of drug-likeness (QED) is 0.520. The fraction of sp³-hybridized carbons (Fsp3) is 0.190. The molecular formula is C21H17N3O2S2. The molecule has 3 aromatic heterocycles. The molecule has 1 aromatic carbocycles. The van der Waals surface area contributed by atoms with E-state index in [1.54, 1.807) is 34.8 Å². The molecule has 1 atom stereocenters. The van der Waals surface area contributed by atoms with Gasteiger partial charge in [0.1, 0.15) is 6.54 Å². The largest absolute Gasteiger partial charge is 0.329 e. The zero-order valence-corrected chi connectivity index (χ0v) is 16.6. The molecule has 0 N–H and O–H groups in total. The van der Waals surface area contributed by atoms with Crippen LogP contribution >= 0.6 is 22.7 Å². The molecule has 4 aromatic rings. The summed E-state index contributed by atoms with van der Waals surface area (Å²) < 4.78 is 1.42. The van der Waals surface area contributed by atoms with Gasteiger partial charge in [0.25, 0.3) is 5.56 Å². The van der Waals surface area contributed by atoms with Crippen molar-refractivity contribution in [2.75, 3.05) is 6.54 Å². The summed E-state index contributed by atoms with van der Waals surface area (Å²) in [6.45, 7) is 0.655. The van der Waals surface area contributed by atoms with E-state index in [0.29, 0.717) is 17.4 Å². The molecule has 1 aliphatic heterocycles. The van der Waals surface area contributed by atoms with Crippen LogP contribution in [0.15, 0.2) is 64.3 Å². The third kappa shape index (κ3) is 2.87. The molecule has 0 spiro atoms. The van der Waals surface area contributed by atoms with Gasteiger partial charge >= 0.3 is 0 Å². The van der Waals surface area contributed by atoms with Crippen LogP contribution in [0.25, 0.3) is 10.9 Å². The van der Waals surface area contributed by atoms with Crippen molar-refractivity contribution in [2.24, 2.45) is 0 Å². The second kappa shape index (κ2) is 7.00. The number of rotatable bonds is 3. The highest BCUT2D eigenvalue weighted by atomic mass is 32.1. The molecule has 0 radical (unpaired) electrons. The van der Waals surface area contributed by atoms with Crippen LogP contribution in [0.1, 0.15) is 21.4 Å². The molecule has 0 bridgehead atoms. The lowest BCUT2D eigenvalue weighted by Crippen LogP contribution is -2.42. The minimum absolute atomic E-state index is 0.00197.